The number of methoxy groups -OCH3 is 1. The Hall–Kier alpha value is -1.46. The van der Waals surface area contributed by atoms with Crippen molar-refractivity contribution in [2.75, 3.05) is 7.11 Å². The lowest BCUT2D eigenvalue weighted by Gasteiger charge is -2.10. The third kappa shape index (κ3) is 4.29. The van der Waals surface area contributed by atoms with E-state index < -0.39 is 6.10 Å². The van der Waals surface area contributed by atoms with Crippen LogP contribution in [0.2, 0.25) is 0 Å². The molecule has 4 nitrogen and oxygen atoms in total. The Bertz CT molecular complexity index is 531. The Morgan fingerprint density at radius 3 is 2.63 bits per heavy atom. The molecule has 0 spiro atoms. The van der Waals surface area contributed by atoms with Gasteiger partial charge in [-0.3, -0.25) is 4.98 Å². The second kappa shape index (κ2) is 6.63. The zero-order valence-corrected chi connectivity index (χ0v) is 12.2. The van der Waals surface area contributed by atoms with Crippen molar-refractivity contribution in [2.24, 2.45) is 0 Å². The van der Waals surface area contributed by atoms with Gasteiger partial charge in [0, 0.05) is 42.0 Å². The summed E-state index contributed by atoms with van der Waals surface area (Å²) in [6.45, 7) is 0. The molecule has 1 unspecified atom stereocenters. The molecule has 0 saturated carbocycles. The second-order valence-corrected chi connectivity index (χ2v) is 5.20. The molecule has 100 valence electrons. The summed E-state index contributed by atoms with van der Waals surface area (Å²) in [7, 11) is 1.58. The Labute approximate surface area is 120 Å². The fourth-order valence-electron chi connectivity index (χ4n) is 1.84. The molecular formula is C14H15BrN2O2. The van der Waals surface area contributed by atoms with E-state index in [-0.39, 0.29) is 0 Å². The highest BCUT2D eigenvalue weighted by molar-refractivity contribution is 9.10. The van der Waals surface area contributed by atoms with Crippen molar-refractivity contribution < 1.29 is 9.84 Å². The summed E-state index contributed by atoms with van der Waals surface area (Å²) in [6, 6.07) is 5.67. The third-order valence-corrected chi connectivity index (χ3v) is 3.14. The van der Waals surface area contributed by atoms with Crippen LogP contribution in [0.4, 0.5) is 0 Å². The molecule has 0 aliphatic carbocycles. The molecule has 1 atom stereocenters. The molecule has 0 aliphatic heterocycles. The third-order valence-electron chi connectivity index (χ3n) is 2.71. The molecule has 0 saturated heterocycles. The fraction of sp³-hybridized carbons (Fsp3) is 0.286. The van der Waals surface area contributed by atoms with E-state index in [9.17, 15) is 5.11 Å². The number of hydrogen-bond donors (Lipinski definition) is 1. The van der Waals surface area contributed by atoms with Gasteiger partial charge in [-0.15, -0.1) is 0 Å². The lowest BCUT2D eigenvalue weighted by Crippen LogP contribution is -2.14. The van der Waals surface area contributed by atoms with Crippen molar-refractivity contribution in [1.29, 1.82) is 0 Å². The number of ether oxygens (including phenoxy) is 1. The van der Waals surface area contributed by atoms with Crippen LogP contribution < -0.4 is 4.74 Å². The summed E-state index contributed by atoms with van der Waals surface area (Å²) in [6.07, 6.45) is 5.89. The molecule has 1 N–H and O–H groups in total. The first kappa shape index (κ1) is 14.0. The quantitative estimate of drug-likeness (QED) is 0.918. The highest BCUT2D eigenvalue weighted by Crippen LogP contribution is 2.14. The SMILES string of the molecule is COc1ccc(CC(O)Cc2cncc(Br)c2)cn1. The molecule has 0 fully saturated rings. The zero-order valence-electron chi connectivity index (χ0n) is 10.6. The largest absolute Gasteiger partial charge is 0.481 e. The lowest BCUT2D eigenvalue weighted by atomic mass is 10.0. The molecule has 0 aromatic carbocycles. The first-order valence-electron chi connectivity index (χ1n) is 5.94. The summed E-state index contributed by atoms with van der Waals surface area (Å²) >= 11 is 3.37. The molecule has 5 heteroatoms. The van der Waals surface area contributed by atoms with E-state index in [4.69, 9.17) is 4.74 Å². The summed E-state index contributed by atoms with van der Waals surface area (Å²) in [5.74, 6) is 0.578. The van der Waals surface area contributed by atoms with Gasteiger partial charge < -0.3 is 9.84 Å². The van der Waals surface area contributed by atoms with Gasteiger partial charge in [-0.2, -0.15) is 0 Å². The summed E-state index contributed by atoms with van der Waals surface area (Å²) in [5, 5.41) is 10.1. The first-order chi connectivity index (χ1) is 9.17. The van der Waals surface area contributed by atoms with Crippen molar-refractivity contribution in [1.82, 2.24) is 9.97 Å². The average Bonchev–Trinajstić information content (AvgIpc) is 2.39. The van der Waals surface area contributed by atoms with Crippen LogP contribution in [0.15, 0.2) is 41.3 Å². The minimum atomic E-state index is -0.453. The fourth-order valence-corrected chi connectivity index (χ4v) is 2.25. The van der Waals surface area contributed by atoms with E-state index in [0.717, 1.165) is 15.6 Å². The van der Waals surface area contributed by atoms with E-state index >= 15 is 0 Å². The Morgan fingerprint density at radius 2 is 2.00 bits per heavy atom. The van der Waals surface area contributed by atoms with Gasteiger partial charge >= 0.3 is 0 Å². The molecule has 2 aromatic heterocycles. The number of halogens is 1. The van der Waals surface area contributed by atoms with E-state index in [2.05, 4.69) is 25.9 Å². The molecule has 0 radical (unpaired) electrons. The van der Waals surface area contributed by atoms with Gasteiger partial charge in [0.1, 0.15) is 0 Å². The van der Waals surface area contributed by atoms with Gasteiger partial charge in [-0.25, -0.2) is 4.98 Å². The van der Waals surface area contributed by atoms with Gasteiger partial charge in [0.15, 0.2) is 0 Å². The summed E-state index contributed by atoms with van der Waals surface area (Å²) in [5.41, 5.74) is 1.99. The van der Waals surface area contributed by atoms with Crippen LogP contribution in [0, 0.1) is 0 Å². The molecule has 0 aliphatic rings. The smallest absolute Gasteiger partial charge is 0.212 e. The van der Waals surface area contributed by atoms with Gasteiger partial charge in [-0.05, 0) is 33.1 Å². The predicted octanol–water partition coefficient (Wildman–Crippen LogP) is 2.39. The van der Waals surface area contributed by atoms with Gasteiger partial charge in [-0.1, -0.05) is 6.07 Å². The van der Waals surface area contributed by atoms with Crippen molar-refractivity contribution in [3.8, 4) is 5.88 Å². The second-order valence-electron chi connectivity index (χ2n) is 4.28. The Morgan fingerprint density at radius 1 is 1.21 bits per heavy atom. The van der Waals surface area contributed by atoms with E-state index in [1.807, 2.05) is 12.1 Å². The van der Waals surface area contributed by atoms with Gasteiger partial charge in [0.05, 0.1) is 13.2 Å². The van der Waals surface area contributed by atoms with Crippen molar-refractivity contribution in [3.63, 3.8) is 0 Å². The number of aliphatic hydroxyl groups excluding tert-OH is 1. The normalized spacial score (nSPS) is 12.2. The number of aromatic nitrogens is 2. The average molecular weight is 323 g/mol. The topological polar surface area (TPSA) is 55.2 Å². The van der Waals surface area contributed by atoms with Crippen molar-refractivity contribution >= 4 is 15.9 Å². The Kier molecular flexibility index (Phi) is 4.87. The number of aliphatic hydroxyl groups is 1. The molecular weight excluding hydrogens is 308 g/mol. The predicted molar refractivity (Wildman–Crippen MR) is 76.1 cm³/mol. The maximum Gasteiger partial charge on any atom is 0.212 e. The minimum absolute atomic E-state index is 0.453. The highest BCUT2D eigenvalue weighted by Gasteiger charge is 2.08. The molecule has 0 bridgehead atoms. The van der Waals surface area contributed by atoms with Crippen LogP contribution in [0.1, 0.15) is 11.1 Å². The van der Waals surface area contributed by atoms with E-state index in [1.165, 1.54) is 0 Å². The molecule has 0 amide bonds. The van der Waals surface area contributed by atoms with Gasteiger partial charge in [0.2, 0.25) is 5.88 Å². The van der Waals surface area contributed by atoms with Crippen LogP contribution in [0.25, 0.3) is 0 Å². The molecule has 2 aromatic rings. The van der Waals surface area contributed by atoms with Crippen molar-refractivity contribution in [2.45, 2.75) is 18.9 Å². The number of pyridine rings is 2. The maximum atomic E-state index is 10.1. The van der Waals surface area contributed by atoms with E-state index in [1.54, 1.807) is 31.8 Å². The van der Waals surface area contributed by atoms with E-state index in [0.29, 0.717) is 18.7 Å². The molecule has 2 rings (SSSR count). The maximum absolute atomic E-state index is 10.1. The first-order valence-corrected chi connectivity index (χ1v) is 6.73. The number of rotatable bonds is 5. The zero-order chi connectivity index (χ0) is 13.7. The lowest BCUT2D eigenvalue weighted by molar-refractivity contribution is 0.175. The van der Waals surface area contributed by atoms with Crippen LogP contribution in [-0.2, 0) is 12.8 Å². The highest BCUT2D eigenvalue weighted by atomic mass is 79.9. The summed E-state index contributed by atoms with van der Waals surface area (Å²) < 4.78 is 5.92. The van der Waals surface area contributed by atoms with Gasteiger partial charge in [0.25, 0.3) is 0 Å². The minimum Gasteiger partial charge on any atom is -0.481 e. The van der Waals surface area contributed by atoms with Crippen LogP contribution in [-0.4, -0.2) is 28.3 Å². The molecule has 19 heavy (non-hydrogen) atoms. The van der Waals surface area contributed by atoms with Crippen LogP contribution in [0.3, 0.4) is 0 Å². The van der Waals surface area contributed by atoms with Crippen LogP contribution in [0.5, 0.6) is 5.88 Å². The van der Waals surface area contributed by atoms with Crippen molar-refractivity contribution in [3.05, 3.63) is 52.4 Å². The Balaban J connectivity index is 1.95. The molecule has 2 heterocycles. The summed E-state index contributed by atoms with van der Waals surface area (Å²) in [4.78, 5) is 8.20. The number of nitrogens with zero attached hydrogens (tertiary/aromatic N) is 2. The standard InChI is InChI=1S/C14H15BrN2O2/c1-19-14-3-2-10(8-17-14)5-13(18)6-11-4-12(15)9-16-7-11/h2-4,7-9,13,18H,5-6H2,1H3. The monoisotopic (exact) mass is 322 g/mol. The number of hydrogen-bond acceptors (Lipinski definition) is 4. The van der Waals surface area contributed by atoms with Crippen LogP contribution >= 0.6 is 15.9 Å².